The van der Waals surface area contributed by atoms with Gasteiger partial charge in [-0.05, 0) is 32.0 Å². The van der Waals surface area contributed by atoms with Crippen LogP contribution in [0.1, 0.15) is 17.0 Å². The number of aromatic nitrogens is 5. The zero-order valence-corrected chi connectivity index (χ0v) is 21.4. The summed E-state index contributed by atoms with van der Waals surface area (Å²) in [6.45, 7) is 6.47. The fraction of sp³-hybridized carbons (Fsp3) is 0.400. The molecule has 5 rings (SSSR count). The summed E-state index contributed by atoms with van der Waals surface area (Å²) < 4.78 is 15.0. The average molecular weight is 496 g/mol. The summed E-state index contributed by atoms with van der Waals surface area (Å²) in [6.07, 6.45) is 3.92. The van der Waals surface area contributed by atoms with Crippen molar-refractivity contribution in [2.75, 3.05) is 32.6 Å². The summed E-state index contributed by atoms with van der Waals surface area (Å²) in [6, 6.07) is 7.92. The van der Waals surface area contributed by atoms with Crippen LogP contribution in [0.5, 0.6) is 0 Å². The van der Waals surface area contributed by atoms with Gasteiger partial charge in [0.15, 0.2) is 5.82 Å². The Kier molecular flexibility index (Phi) is 6.50. The van der Waals surface area contributed by atoms with Gasteiger partial charge in [0.05, 0.1) is 22.9 Å². The monoisotopic (exact) mass is 495 g/mol. The molecule has 35 heavy (non-hydrogen) atoms. The number of halogens is 1. The van der Waals surface area contributed by atoms with Crippen LogP contribution in [0.15, 0.2) is 36.7 Å². The molecule has 0 spiro atoms. The molecule has 2 unspecified atom stereocenters. The minimum absolute atomic E-state index is 0.0831. The molecule has 4 aromatic rings. The highest BCUT2D eigenvalue weighted by atomic mass is 35.5. The van der Waals surface area contributed by atoms with E-state index in [-0.39, 0.29) is 12.2 Å². The highest BCUT2D eigenvalue weighted by Gasteiger charge is 2.33. The number of anilines is 2. The highest BCUT2D eigenvalue weighted by Crippen LogP contribution is 2.32. The molecule has 1 aromatic carbocycles. The van der Waals surface area contributed by atoms with Crippen LogP contribution in [-0.2, 0) is 23.1 Å². The molecule has 1 aliphatic heterocycles. The van der Waals surface area contributed by atoms with E-state index in [1.807, 2.05) is 51.4 Å². The molecule has 0 amide bonds. The van der Waals surface area contributed by atoms with Crippen molar-refractivity contribution in [3.05, 3.63) is 58.6 Å². The largest absolute Gasteiger partial charge is 0.377 e. The summed E-state index contributed by atoms with van der Waals surface area (Å²) in [7, 11) is 5.48. The van der Waals surface area contributed by atoms with E-state index < -0.39 is 0 Å². The van der Waals surface area contributed by atoms with E-state index in [4.69, 9.17) is 26.2 Å². The van der Waals surface area contributed by atoms with Crippen LogP contribution in [0.4, 0.5) is 11.6 Å². The molecule has 9 nitrogen and oxygen atoms in total. The lowest BCUT2D eigenvalue weighted by molar-refractivity contribution is -0.00461. The molecule has 0 bridgehead atoms. The SMILES string of the molecule is COC1CN(Cc2cn(-c3ccnc(Nc4ccc5c(c4)c(Cl)c(C)n5C)n3)nc2C)CC1OC. The van der Waals surface area contributed by atoms with Crippen molar-refractivity contribution in [3.8, 4) is 5.82 Å². The molecule has 184 valence electrons. The standard InChI is InChI=1S/C25H30ClN7O2/c1-15-17(11-32-13-21(34-4)22(14-32)35-5)12-33(30-15)23-8-9-27-25(29-23)28-18-6-7-20-19(10-18)24(26)16(2)31(20)3/h6-10,12,21-22H,11,13-14H2,1-5H3,(H,27,28,29). The van der Waals surface area contributed by atoms with Gasteiger partial charge in [-0.3, -0.25) is 4.90 Å². The number of hydrogen-bond acceptors (Lipinski definition) is 7. The average Bonchev–Trinajstić information content (AvgIpc) is 3.50. The fourth-order valence-corrected chi connectivity index (χ4v) is 4.96. The zero-order chi connectivity index (χ0) is 24.7. The molecule has 0 aliphatic carbocycles. The van der Waals surface area contributed by atoms with E-state index in [9.17, 15) is 0 Å². The van der Waals surface area contributed by atoms with Crippen molar-refractivity contribution in [3.63, 3.8) is 0 Å². The number of nitrogens with one attached hydrogen (secondary N) is 1. The van der Waals surface area contributed by atoms with E-state index in [1.54, 1.807) is 25.1 Å². The molecular weight excluding hydrogens is 466 g/mol. The molecule has 0 radical (unpaired) electrons. The molecule has 1 fully saturated rings. The second-order valence-electron chi connectivity index (χ2n) is 8.98. The van der Waals surface area contributed by atoms with Crippen molar-refractivity contribution in [1.29, 1.82) is 0 Å². The third-order valence-electron chi connectivity index (χ3n) is 6.84. The van der Waals surface area contributed by atoms with Gasteiger partial charge in [0.1, 0.15) is 0 Å². The van der Waals surface area contributed by atoms with Crippen molar-refractivity contribution in [1.82, 2.24) is 29.2 Å². The second kappa shape index (κ2) is 9.58. The maximum Gasteiger partial charge on any atom is 0.229 e. The first-order valence-electron chi connectivity index (χ1n) is 11.6. The Labute approximate surface area is 209 Å². The smallest absolute Gasteiger partial charge is 0.229 e. The van der Waals surface area contributed by atoms with Gasteiger partial charge >= 0.3 is 0 Å². The van der Waals surface area contributed by atoms with Gasteiger partial charge in [-0.15, -0.1) is 0 Å². The zero-order valence-electron chi connectivity index (χ0n) is 20.6. The van der Waals surface area contributed by atoms with Crippen LogP contribution in [0.2, 0.25) is 5.02 Å². The van der Waals surface area contributed by atoms with Crippen molar-refractivity contribution in [2.24, 2.45) is 7.05 Å². The number of hydrogen-bond donors (Lipinski definition) is 1. The van der Waals surface area contributed by atoms with Crippen LogP contribution < -0.4 is 5.32 Å². The van der Waals surface area contributed by atoms with Gasteiger partial charge in [-0.2, -0.15) is 10.1 Å². The lowest BCUT2D eigenvalue weighted by Crippen LogP contribution is -2.27. The number of ether oxygens (including phenoxy) is 2. The number of rotatable bonds is 7. The normalized spacial score (nSPS) is 18.6. The molecule has 2 atom stereocenters. The van der Waals surface area contributed by atoms with Gasteiger partial charge in [0.2, 0.25) is 5.95 Å². The maximum atomic E-state index is 6.53. The summed E-state index contributed by atoms with van der Waals surface area (Å²) in [5, 5.41) is 9.75. The number of nitrogens with zero attached hydrogens (tertiary/aromatic N) is 6. The van der Waals surface area contributed by atoms with Gasteiger partial charge in [0.25, 0.3) is 0 Å². The maximum absolute atomic E-state index is 6.53. The predicted molar refractivity (Wildman–Crippen MR) is 137 cm³/mol. The topological polar surface area (TPSA) is 82.3 Å². The lowest BCUT2D eigenvalue weighted by Gasteiger charge is -2.14. The molecule has 10 heteroatoms. The van der Waals surface area contributed by atoms with Gasteiger partial charge in [-0.1, -0.05) is 11.6 Å². The minimum atomic E-state index is 0.0831. The predicted octanol–water partition coefficient (Wildman–Crippen LogP) is 4.01. The van der Waals surface area contributed by atoms with Gasteiger partial charge < -0.3 is 19.4 Å². The first-order valence-corrected chi connectivity index (χ1v) is 11.9. The summed E-state index contributed by atoms with van der Waals surface area (Å²) >= 11 is 6.53. The molecule has 3 aromatic heterocycles. The Morgan fingerprint density at radius 3 is 2.57 bits per heavy atom. The summed E-state index contributed by atoms with van der Waals surface area (Å²) in [5.74, 6) is 1.18. The third kappa shape index (κ3) is 4.52. The minimum Gasteiger partial charge on any atom is -0.377 e. The fourth-order valence-electron chi connectivity index (χ4n) is 4.68. The number of aryl methyl sites for hydroxylation is 2. The molecule has 0 saturated carbocycles. The van der Waals surface area contributed by atoms with Gasteiger partial charge in [-0.25, -0.2) is 9.67 Å². The molecule has 4 heterocycles. The molecule has 1 saturated heterocycles. The Bertz CT molecular complexity index is 1350. The van der Waals surface area contributed by atoms with Crippen LogP contribution in [0, 0.1) is 13.8 Å². The van der Waals surface area contributed by atoms with E-state index in [0.717, 1.165) is 58.2 Å². The van der Waals surface area contributed by atoms with E-state index in [1.165, 1.54) is 0 Å². The molecular formula is C25H30ClN7O2. The first-order chi connectivity index (χ1) is 16.9. The van der Waals surface area contributed by atoms with E-state index in [2.05, 4.69) is 24.8 Å². The quantitative estimate of drug-likeness (QED) is 0.414. The lowest BCUT2D eigenvalue weighted by atomic mass is 10.2. The molecule has 1 N–H and O–H groups in total. The number of likely N-dealkylation sites (tertiary alicyclic amines) is 1. The van der Waals surface area contributed by atoms with Crippen LogP contribution in [-0.4, -0.2) is 68.7 Å². The first kappa shape index (κ1) is 23.7. The second-order valence-corrected chi connectivity index (χ2v) is 9.36. The number of methoxy groups -OCH3 is 2. The van der Waals surface area contributed by atoms with Crippen LogP contribution in [0.25, 0.3) is 16.7 Å². The van der Waals surface area contributed by atoms with Crippen molar-refractivity contribution >= 4 is 34.1 Å². The highest BCUT2D eigenvalue weighted by molar-refractivity contribution is 6.36. The van der Waals surface area contributed by atoms with Crippen molar-refractivity contribution in [2.45, 2.75) is 32.6 Å². The molecule has 1 aliphatic rings. The van der Waals surface area contributed by atoms with E-state index in [0.29, 0.717) is 11.8 Å². The Morgan fingerprint density at radius 2 is 1.86 bits per heavy atom. The number of fused-ring (bicyclic) bond motifs is 1. The van der Waals surface area contributed by atoms with Crippen molar-refractivity contribution < 1.29 is 9.47 Å². The third-order valence-corrected chi connectivity index (χ3v) is 7.31. The summed E-state index contributed by atoms with van der Waals surface area (Å²) in [4.78, 5) is 11.4. The van der Waals surface area contributed by atoms with Crippen LogP contribution in [0.3, 0.4) is 0 Å². The Morgan fingerprint density at radius 1 is 1.11 bits per heavy atom. The Hall–Kier alpha value is -2.98. The van der Waals surface area contributed by atoms with Crippen LogP contribution >= 0.6 is 11.6 Å². The number of benzene rings is 1. The summed E-state index contributed by atoms with van der Waals surface area (Å²) in [5.41, 5.74) is 5.09. The Balaban J connectivity index is 1.34. The van der Waals surface area contributed by atoms with E-state index >= 15 is 0 Å². The van der Waals surface area contributed by atoms with Gasteiger partial charge in [0, 0.05) is 87.2 Å².